The number of carbonyl (C=O) groups is 1. The third-order valence-electron chi connectivity index (χ3n) is 10.9. The molecule has 2 fully saturated rings. The molecule has 310 valence electrons. The van der Waals surface area contributed by atoms with Gasteiger partial charge >= 0.3 is 6.18 Å². The number of rotatable bonds is 10. The van der Waals surface area contributed by atoms with Gasteiger partial charge in [0.15, 0.2) is 17.1 Å². The number of ketones is 1. The molecule has 0 spiro atoms. The van der Waals surface area contributed by atoms with Crippen LogP contribution in [0.3, 0.4) is 0 Å². The van der Waals surface area contributed by atoms with E-state index in [1.165, 1.54) is 10.9 Å². The van der Waals surface area contributed by atoms with Crippen LogP contribution in [0.25, 0.3) is 22.0 Å². The van der Waals surface area contributed by atoms with Gasteiger partial charge in [-0.1, -0.05) is 23.6 Å². The van der Waals surface area contributed by atoms with Gasteiger partial charge in [0.25, 0.3) is 5.92 Å². The van der Waals surface area contributed by atoms with E-state index >= 15 is 8.78 Å². The molecule has 0 radical (unpaired) electrons. The van der Waals surface area contributed by atoms with Crippen LogP contribution in [-0.4, -0.2) is 70.6 Å². The van der Waals surface area contributed by atoms with E-state index in [0.29, 0.717) is 38.5 Å². The molecule has 8 rings (SSSR count). The van der Waals surface area contributed by atoms with Crippen LogP contribution in [0.5, 0.6) is 0 Å². The highest BCUT2D eigenvalue weighted by molar-refractivity contribution is 7.98. The van der Waals surface area contributed by atoms with Gasteiger partial charge in [-0.05, 0) is 76.0 Å². The predicted molar refractivity (Wildman–Crippen MR) is 206 cm³/mol. The Labute approximate surface area is 338 Å². The fraction of sp³-hybridized carbons (Fsp3) is 0.390. The van der Waals surface area contributed by atoms with E-state index in [2.05, 4.69) is 27.9 Å². The Balaban J connectivity index is 1.28. The largest absolute Gasteiger partial charge is 0.435 e. The summed E-state index contributed by atoms with van der Waals surface area (Å²) in [5.41, 5.74) is -2.45. The summed E-state index contributed by atoms with van der Waals surface area (Å²) in [4.78, 5) is 18.9. The smallest absolute Gasteiger partial charge is 0.377 e. The number of Topliss-reactive ketones (excluding diaryl/α,β-unsaturated/α-hetero) is 1. The summed E-state index contributed by atoms with van der Waals surface area (Å²) in [7, 11) is -0.965. The Bertz CT molecular complexity index is 2710. The number of alkyl halides is 5. The van der Waals surface area contributed by atoms with Gasteiger partial charge in [-0.3, -0.25) is 18.4 Å². The zero-order valence-corrected chi connectivity index (χ0v) is 33.0. The molecule has 59 heavy (non-hydrogen) atoms. The molecule has 3 aromatic heterocycles. The zero-order valence-electron chi connectivity index (χ0n) is 31.5. The Kier molecular flexibility index (Phi) is 10.0. The second kappa shape index (κ2) is 14.5. The van der Waals surface area contributed by atoms with Gasteiger partial charge < -0.3 is 9.84 Å². The molecule has 2 unspecified atom stereocenters. The van der Waals surface area contributed by atoms with Crippen LogP contribution in [0.15, 0.2) is 42.5 Å². The highest BCUT2D eigenvalue weighted by atomic mass is 35.5. The minimum atomic E-state index is -5.05. The number of halogens is 8. The number of aryl methyl sites for hydroxylation is 1. The fourth-order valence-electron chi connectivity index (χ4n) is 8.36. The second-order valence-corrected chi connectivity index (χ2v) is 18.8. The zero-order chi connectivity index (χ0) is 42.4. The van der Waals surface area contributed by atoms with E-state index in [4.69, 9.17) is 21.3 Å². The van der Waals surface area contributed by atoms with Crippen molar-refractivity contribution in [3.63, 3.8) is 0 Å². The van der Waals surface area contributed by atoms with E-state index in [1.54, 1.807) is 31.3 Å². The Morgan fingerprint density at radius 2 is 1.85 bits per heavy atom. The molecule has 0 amide bonds. The maximum atomic E-state index is 15.5. The van der Waals surface area contributed by atoms with Gasteiger partial charge in [-0.25, -0.2) is 13.8 Å². The van der Waals surface area contributed by atoms with Crippen molar-refractivity contribution in [2.24, 2.45) is 13.0 Å². The van der Waals surface area contributed by atoms with Crippen molar-refractivity contribution >= 4 is 43.7 Å². The number of ether oxygens (including phenoxy) is 1. The van der Waals surface area contributed by atoms with Gasteiger partial charge in [0.1, 0.15) is 29.6 Å². The molecule has 9 nitrogen and oxygen atoms in total. The van der Waals surface area contributed by atoms with Crippen molar-refractivity contribution in [3.8, 4) is 23.0 Å². The monoisotopic (exact) mass is 861 g/mol. The summed E-state index contributed by atoms with van der Waals surface area (Å²) >= 11 is 6.71. The van der Waals surface area contributed by atoms with Gasteiger partial charge in [0.2, 0.25) is 0 Å². The van der Waals surface area contributed by atoms with E-state index < -0.39 is 92.3 Å². The highest BCUT2D eigenvalue weighted by Crippen LogP contribution is 2.68. The number of hydrogen-bond donors (Lipinski definition) is 1. The fourth-order valence-corrected chi connectivity index (χ4v) is 9.40. The quantitative estimate of drug-likeness (QED) is 0.0890. The average Bonchev–Trinajstić information content (AvgIpc) is 3.35. The maximum Gasteiger partial charge on any atom is 0.435 e. The molecule has 1 saturated heterocycles. The molecule has 1 saturated carbocycles. The standard InChI is InChI=1S/C41H35ClF7N5O4S/c1-53-36-28(6-7-31(42)34(36)32(51-53)19-59(2,3)57)27-5-4-25(8-9-39(56)10-11-58-20-39)50-35(27)22(12-21-13-23(43)16-24(44)14-21)15-26(55)18-54-38-33(37(52-54)41(47,48)49)29-17-30(29)40(38,45)46/h4-7,13-14,16,22,29-30,56H,2,10-12,15,17-20H2,1,3H3/t22-,29+,30-,39?,59?/m1/s1. The van der Waals surface area contributed by atoms with E-state index in [0.717, 1.165) is 12.1 Å². The summed E-state index contributed by atoms with van der Waals surface area (Å²) in [6, 6.07) is 9.20. The topological polar surface area (TPSA) is 112 Å². The molecule has 1 aliphatic heterocycles. The number of pyridine rings is 1. The molecule has 5 aromatic rings. The van der Waals surface area contributed by atoms with Crippen LogP contribution in [0.1, 0.15) is 70.7 Å². The first kappa shape index (κ1) is 41.0. The van der Waals surface area contributed by atoms with Crippen molar-refractivity contribution in [1.82, 2.24) is 24.5 Å². The Morgan fingerprint density at radius 3 is 2.51 bits per heavy atom. The number of aliphatic hydroxyl groups is 1. The SMILES string of the molecule is C=S(C)(=O)Cc1nn(C)c2c(-c3ccc(C#CC4(O)CCOC4)nc3[C@@H](CC(=O)Cn3nc(C(F)(F)F)c4c3C(F)(F)[C@@H]3C[C@H]43)Cc3cc(F)cc(F)c3)ccc(Cl)c12. The number of nitrogens with zero attached hydrogens (tertiary/aromatic N) is 5. The van der Waals surface area contributed by atoms with Crippen molar-refractivity contribution in [2.45, 2.75) is 67.5 Å². The number of hydrogen-bond acceptors (Lipinski definition) is 7. The van der Waals surface area contributed by atoms with Crippen molar-refractivity contribution in [3.05, 3.63) is 98.7 Å². The van der Waals surface area contributed by atoms with Crippen LogP contribution in [-0.2, 0) is 56.9 Å². The van der Waals surface area contributed by atoms with Crippen molar-refractivity contribution < 1.29 is 49.6 Å². The predicted octanol–water partition coefficient (Wildman–Crippen LogP) is 7.33. The normalized spacial score (nSPS) is 22.1. The first-order chi connectivity index (χ1) is 27.6. The minimum absolute atomic E-state index is 0.0181. The molecule has 2 aliphatic carbocycles. The Morgan fingerprint density at radius 1 is 1.14 bits per heavy atom. The van der Waals surface area contributed by atoms with Crippen LogP contribution in [0.2, 0.25) is 5.02 Å². The highest BCUT2D eigenvalue weighted by Gasteiger charge is 2.68. The third-order valence-corrected chi connectivity index (χ3v) is 12.1. The van der Waals surface area contributed by atoms with Gasteiger partial charge in [-0.15, -0.1) is 0 Å². The lowest BCUT2D eigenvalue weighted by Crippen LogP contribution is -2.26. The first-order valence-electron chi connectivity index (χ1n) is 18.4. The van der Waals surface area contributed by atoms with Crippen molar-refractivity contribution in [2.75, 3.05) is 19.5 Å². The number of aromatic nitrogens is 5. The lowest BCUT2D eigenvalue weighted by molar-refractivity contribution is -0.142. The minimum Gasteiger partial charge on any atom is -0.377 e. The lowest BCUT2D eigenvalue weighted by atomic mass is 9.86. The average molecular weight is 862 g/mol. The number of benzene rings is 2. The molecule has 0 bridgehead atoms. The van der Waals surface area contributed by atoms with Crippen LogP contribution in [0, 0.1) is 29.4 Å². The third kappa shape index (κ3) is 7.87. The maximum absolute atomic E-state index is 15.5. The summed E-state index contributed by atoms with van der Waals surface area (Å²) < 4.78 is 123. The van der Waals surface area contributed by atoms with E-state index in [1.807, 2.05) is 0 Å². The molecular weight excluding hydrogens is 827 g/mol. The number of carbonyl (C=O) groups excluding carboxylic acids is 1. The van der Waals surface area contributed by atoms with Gasteiger partial charge in [0, 0.05) is 66.1 Å². The summed E-state index contributed by atoms with van der Waals surface area (Å²) in [5.74, 6) is -0.407. The molecule has 18 heteroatoms. The molecule has 1 N–H and O–H groups in total. The first-order valence-corrected chi connectivity index (χ1v) is 21.1. The van der Waals surface area contributed by atoms with E-state index in [-0.39, 0.29) is 60.2 Å². The lowest BCUT2D eigenvalue weighted by Gasteiger charge is -2.22. The molecular formula is C41H35ClF7N5O4S. The van der Waals surface area contributed by atoms with Crippen LogP contribution >= 0.6 is 11.6 Å². The second-order valence-electron chi connectivity index (χ2n) is 15.7. The van der Waals surface area contributed by atoms with Crippen LogP contribution in [0.4, 0.5) is 30.7 Å². The Hall–Kier alpha value is -4.76. The molecule has 2 aromatic carbocycles. The molecule has 5 atom stereocenters. The van der Waals surface area contributed by atoms with Gasteiger partial charge in [0.05, 0.1) is 40.9 Å². The van der Waals surface area contributed by atoms with Crippen molar-refractivity contribution in [1.29, 1.82) is 0 Å². The molecule has 3 aliphatic rings. The summed E-state index contributed by atoms with van der Waals surface area (Å²) in [5, 5.41) is 19.7. The molecule has 4 heterocycles. The summed E-state index contributed by atoms with van der Waals surface area (Å²) in [6.07, 6.45) is -4.30. The van der Waals surface area contributed by atoms with E-state index in [9.17, 15) is 36.1 Å². The summed E-state index contributed by atoms with van der Waals surface area (Å²) in [6.45, 7) is -0.737. The van der Waals surface area contributed by atoms with Crippen LogP contribution < -0.4 is 0 Å². The van der Waals surface area contributed by atoms with Gasteiger partial charge in [-0.2, -0.15) is 32.1 Å². The number of fused-ring (bicyclic) bond motifs is 4.